The molecular formula is C9H20NO+. The Morgan fingerprint density at radius 3 is 2.45 bits per heavy atom. The normalized spacial score (nSPS) is 23.5. The summed E-state index contributed by atoms with van der Waals surface area (Å²) < 4.78 is 0. The molecule has 1 aliphatic carbocycles. The van der Waals surface area contributed by atoms with Crippen molar-refractivity contribution in [1.82, 2.24) is 0 Å². The van der Waals surface area contributed by atoms with Gasteiger partial charge in [-0.05, 0) is 5.92 Å². The van der Waals surface area contributed by atoms with E-state index in [0.29, 0.717) is 0 Å². The molecular weight excluding hydrogens is 138 g/mol. The summed E-state index contributed by atoms with van der Waals surface area (Å²) in [6.45, 7) is 0.260. The predicted octanol–water partition coefficient (Wildman–Crippen LogP) is 0.560. The minimum atomic E-state index is 0.260. The fourth-order valence-electron chi connectivity index (χ4n) is 1.97. The van der Waals surface area contributed by atoms with Gasteiger partial charge in [0.2, 0.25) is 0 Å². The summed E-state index contributed by atoms with van der Waals surface area (Å²) in [5.41, 5.74) is 3.90. The van der Waals surface area contributed by atoms with Gasteiger partial charge < -0.3 is 10.8 Å². The average Bonchev–Trinajstić information content (AvgIpc) is 2.06. The van der Waals surface area contributed by atoms with Crippen molar-refractivity contribution in [3.05, 3.63) is 0 Å². The highest BCUT2D eigenvalue weighted by Gasteiger charge is 2.17. The van der Waals surface area contributed by atoms with Crippen LogP contribution in [0.5, 0.6) is 0 Å². The van der Waals surface area contributed by atoms with Crippen molar-refractivity contribution >= 4 is 0 Å². The van der Waals surface area contributed by atoms with Gasteiger partial charge in [0, 0.05) is 6.42 Å². The number of hydrogen-bond donors (Lipinski definition) is 2. The molecule has 0 amide bonds. The van der Waals surface area contributed by atoms with Gasteiger partial charge in [-0.15, -0.1) is 0 Å². The largest absolute Gasteiger partial charge is 0.390 e. The van der Waals surface area contributed by atoms with E-state index in [1.54, 1.807) is 0 Å². The molecule has 1 atom stereocenters. The van der Waals surface area contributed by atoms with Crippen LogP contribution in [-0.2, 0) is 0 Å². The first-order valence-corrected chi connectivity index (χ1v) is 4.77. The van der Waals surface area contributed by atoms with Gasteiger partial charge in [-0.1, -0.05) is 32.1 Å². The predicted molar refractivity (Wildman–Crippen MR) is 45.0 cm³/mol. The Bertz CT molecular complexity index is 99.7. The molecule has 2 heteroatoms. The lowest BCUT2D eigenvalue weighted by atomic mass is 9.85. The van der Waals surface area contributed by atoms with Gasteiger partial charge in [-0.2, -0.15) is 0 Å². The standard InChI is InChI=1S/C9H19NO/c10-9(7-11)6-8-4-2-1-3-5-8/h8-9,11H,1-7,10H2/p+1/t9-/m0/s1. The number of aliphatic hydroxyl groups excluding tert-OH is 1. The SMILES string of the molecule is [NH3+][C@H](CO)CC1CCCCC1. The van der Waals surface area contributed by atoms with Crippen LogP contribution < -0.4 is 5.73 Å². The maximum Gasteiger partial charge on any atom is 0.108 e. The van der Waals surface area contributed by atoms with Crippen molar-refractivity contribution < 1.29 is 10.8 Å². The molecule has 4 N–H and O–H groups in total. The van der Waals surface area contributed by atoms with E-state index >= 15 is 0 Å². The number of aliphatic hydroxyl groups is 1. The molecule has 0 aromatic carbocycles. The van der Waals surface area contributed by atoms with Gasteiger partial charge in [0.15, 0.2) is 0 Å². The van der Waals surface area contributed by atoms with Gasteiger partial charge in [-0.25, -0.2) is 0 Å². The van der Waals surface area contributed by atoms with Crippen molar-refractivity contribution in [3.63, 3.8) is 0 Å². The Hall–Kier alpha value is -0.0800. The second kappa shape index (κ2) is 4.73. The summed E-state index contributed by atoms with van der Waals surface area (Å²) in [4.78, 5) is 0. The Labute approximate surface area is 68.8 Å². The van der Waals surface area contributed by atoms with Crippen LogP contribution in [0.4, 0.5) is 0 Å². The highest BCUT2D eigenvalue weighted by Crippen LogP contribution is 2.26. The second-order valence-corrected chi connectivity index (χ2v) is 3.79. The van der Waals surface area contributed by atoms with E-state index < -0.39 is 0 Å². The first-order chi connectivity index (χ1) is 5.33. The van der Waals surface area contributed by atoms with Crippen LogP contribution in [0.2, 0.25) is 0 Å². The van der Waals surface area contributed by atoms with Gasteiger partial charge in [0.25, 0.3) is 0 Å². The van der Waals surface area contributed by atoms with Crippen LogP contribution in [-0.4, -0.2) is 17.8 Å². The van der Waals surface area contributed by atoms with E-state index in [9.17, 15) is 0 Å². The maximum atomic E-state index is 8.80. The molecule has 1 aliphatic rings. The highest BCUT2D eigenvalue weighted by molar-refractivity contribution is 4.68. The minimum absolute atomic E-state index is 0.260. The molecule has 1 saturated carbocycles. The zero-order valence-electron chi connectivity index (χ0n) is 7.26. The first-order valence-electron chi connectivity index (χ1n) is 4.77. The maximum absolute atomic E-state index is 8.80. The Morgan fingerprint density at radius 1 is 1.27 bits per heavy atom. The van der Waals surface area contributed by atoms with Crippen LogP contribution in [0, 0.1) is 5.92 Å². The summed E-state index contributed by atoms with van der Waals surface area (Å²) in [5, 5.41) is 8.80. The minimum Gasteiger partial charge on any atom is -0.390 e. The van der Waals surface area contributed by atoms with Crippen molar-refractivity contribution in [2.75, 3.05) is 6.61 Å². The van der Waals surface area contributed by atoms with Crippen molar-refractivity contribution in [2.24, 2.45) is 5.92 Å². The molecule has 1 fully saturated rings. The summed E-state index contributed by atoms with van der Waals surface area (Å²) >= 11 is 0. The summed E-state index contributed by atoms with van der Waals surface area (Å²) in [7, 11) is 0. The molecule has 1 rings (SSSR count). The fraction of sp³-hybridized carbons (Fsp3) is 1.00. The van der Waals surface area contributed by atoms with Gasteiger partial charge in [-0.3, -0.25) is 0 Å². The van der Waals surface area contributed by atoms with Crippen LogP contribution in [0.3, 0.4) is 0 Å². The Balaban J connectivity index is 2.13. The van der Waals surface area contributed by atoms with E-state index in [-0.39, 0.29) is 12.6 Å². The fourth-order valence-corrected chi connectivity index (χ4v) is 1.97. The molecule has 66 valence electrons. The van der Waals surface area contributed by atoms with Crippen LogP contribution in [0.1, 0.15) is 38.5 Å². The summed E-state index contributed by atoms with van der Waals surface area (Å²) in [5.74, 6) is 0.860. The smallest absolute Gasteiger partial charge is 0.108 e. The molecule has 0 radical (unpaired) electrons. The third-order valence-electron chi connectivity index (χ3n) is 2.65. The van der Waals surface area contributed by atoms with E-state index in [2.05, 4.69) is 5.73 Å². The van der Waals surface area contributed by atoms with Gasteiger partial charge in [0.1, 0.15) is 6.04 Å². The molecule has 0 aromatic heterocycles. The molecule has 0 bridgehead atoms. The third kappa shape index (κ3) is 3.21. The molecule has 0 unspecified atom stereocenters. The van der Waals surface area contributed by atoms with Crippen LogP contribution in [0.25, 0.3) is 0 Å². The first kappa shape index (κ1) is 9.01. The molecule has 0 aliphatic heterocycles. The van der Waals surface area contributed by atoms with E-state index in [1.165, 1.54) is 32.1 Å². The number of hydrogen-bond acceptors (Lipinski definition) is 1. The molecule has 0 heterocycles. The average molecular weight is 158 g/mol. The lowest BCUT2D eigenvalue weighted by Gasteiger charge is -2.22. The van der Waals surface area contributed by atoms with E-state index in [0.717, 1.165) is 12.3 Å². The molecule has 2 nitrogen and oxygen atoms in total. The second-order valence-electron chi connectivity index (χ2n) is 3.79. The zero-order chi connectivity index (χ0) is 8.10. The summed E-state index contributed by atoms with van der Waals surface area (Å²) in [6.07, 6.45) is 8.07. The molecule has 0 spiro atoms. The van der Waals surface area contributed by atoms with Crippen LogP contribution in [0.15, 0.2) is 0 Å². The highest BCUT2D eigenvalue weighted by atomic mass is 16.3. The third-order valence-corrected chi connectivity index (χ3v) is 2.65. The van der Waals surface area contributed by atoms with E-state index in [1.807, 2.05) is 0 Å². The molecule has 11 heavy (non-hydrogen) atoms. The van der Waals surface area contributed by atoms with Gasteiger partial charge in [0.05, 0.1) is 6.61 Å². The Morgan fingerprint density at radius 2 is 1.91 bits per heavy atom. The molecule has 0 aromatic rings. The topological polar surface area (TPSA) is 47.9 Å². The molecule has 0 saturated heterocycles. The lowest BCUT2D eigenvalue weighted by Crippen LogP contribution is -2.63. The zero-order valence-corrected chi connectivity index (χ0v) is 7.26. The van der Waals surface area contributed by atoms with E-state index in [4.69, 9.17) is 5.11 Å². The van der Waals surface area contributed by atoms with Crippen molar-refractivity contribution in [1.29, 1.82) is 0 Å². The monoisotopic (exact) mass is 158 g/mol. The Kier molecular flexibility index (Phi) is 3.87. The van der Waals surface area contributed by atoms with Gasteiger partial charge >= 0.3 is 0 Å². The number of quaternary nitrogens is 1. The number of rotatable bonds is 3. The van der Waals surface area contributed by atoms with Crippen molar-refractivity contribution in [3.8, 4) is 0 Å². The quantitative estimate of drug-likeness (QED) is 0.619. The van der Waals surface area contributed by atoms with Crippen molar-refractivity contribution in [2.45, 2.75) is 44.6 Å². The lowest BCUT2D eigenvalue weighted by molar-refractivity contribution is -0.428. The summed E-state index contributed by atoms with van der Waals surface area (Å²) in [6, 6.07) is 0.276. The van der Waals surface area contributed by atoms with Crippen LogP contribution >= 0.6 is 0 Å².